The van der Waals surface area contributed by atoms with E-state index in [-0.39, 0.29) is 0 Å². The Labute approximate surface area is 106 Å². The maximum absolute atomic E-state index is 3.74. The first-order valence-corrected chi connectivity index (χ1v) is 7.08. The molecule has 1 aromatic carbocycles. The molecule has 1 nitrogen and oxygen atoms in total. The zero-order valence-corrected chi connectivity index (χ0v) is 11.0. The highest BCUT2D eigenvalue weighted by molar-refractivity contribution is 9.10. The highest BCUT2D eigenvalue weighted by Crippen LogP contribution is 2.44. The lowest BCUT2D eigenvalue weighted by Gasteiger charge is -2.23. The lowest BCUT2D eigenvalue weighted by molar-refractivity contribution is 0.350. The van der Waals surface area contributed by atoms with Gasteiger partial charge < -0.3 is 5.32 Å². The Bertz CT molecular complexity index is 377. The average molecular weight is 280 g/mol. The van der Waals surface area contributed by atoms with E-state index in [9.17, 15) is 0 Å². The van der Waals surface area contributed by atoms with Crippen molar-refractivity contribution < 1.29 is 0 Å². The van der Waals surface area contributed by atoms with E-state index < -0.39 is 0 Å². The van der Waals surface area contributed by atoms with Crippen molar-refractivity contribution in [2.45, 2.75) is 38.3 Å². The fraction of sp³-hybridized carbons (Fsp3) is 0.571. The molecule has 86 valence electrons. The lowest BCUT2D eigenvalue weighted by atomic mass is 9.95. The van der Waals surface area contributed by atoms with E-state index in [1.165, 1.54) is 35.7 Å². The molecule has 0 radical (unpaired) electrons. The number of rotatable bonds is 3. The van der Waals surface area contributed by atoms with Crippen LogP contribution < -0.4 is 5.32 Å². The Morgan fingerprint density at radius 1 is 1.25 bits per heavy atom. The summed E-state index contributed by atoms with van der Waals surface area (Å²) in [7, 11) is 0. The number of nitrogens with one attached hydrogen (secondary N) is 1. The van der Waals surface area contributed by atoms with E-state index in [1.807, 2.05) is 0 Å². The van der Waals surface area contributed by atoms with Gasteiger partial charge in [0, 0.05) is 17.1 Å². The third-order valence-corrected chi connectivity index (χ3v) is 4.69. The fourth-order valence-electron chi connectivity index (χ4n) is 3.39. The monoisotopic (exact) mass is 279 g/mol. The second-order valence-electron chi connectivity index (χ2n) is 5.29. The Kier molecular flexibility index (Phi) is 3.03. The van der Waals surface area contributed by atoms with E-state index >= 15 is 0 Å². The van der Waals surface area contributed by atoms with Gasteiger partial charge >= 0.3 is 0 Å². The molecule has 2 aliphatic carbocycles. The molecule has 0 saturated heterocycles. The zero-order chi connectivity index (χ0) is 11.0. The minimum atomic E-state index is 0.790. The quantitative estimate of drug-likeness (QED) is 0.889. The van der Waals surface area contributed by atoms with Gasteiger partial charge in [0.25, 0.3) is 0 Å². The van der Waals surface area contributed by atoms with Crippen molar-refractivity contribution >= 4 is 15.9 Å². The summed E-state index contributed by atoms with van der Waals surface area (Å²) in [4.78, 5) is 0. The standard InChI is InChI=1S/C14H18BrN/c15-13-3-1-2-11(7-13)9-16-14-8-10-4-5-12(14)6-10/h1-3,7,10,12,14,16H,4-6,8-9H2. The number of halogens is 1. The van der Waals surface area contributed by atoms with Gasteiger partial charge in [-0.15, -0.1) is 0 Å². The van der Waals surface area contributed by atoms with Gasteiger partial charge in [-0.05, 0) is 48.8 Å². The molecular formula is C14H18BrN. The van der Waals surface area contributed by atoms with Gasteiger partial charge in [-0.2, -0.15) is 0 Å². The van der Waals surface area contributed by atoms with Crippen molar-refractivity contribution in [2.75, 3.05) is 0 Å². The predicted octanol–water partition coefficient (Wildman–Crippen LogP) is 3.73. The average Bonchev–Trinajstić information content (AvgIpc) is 2.88. The molecule has 0 heterocycles. The molecule has 2 heteroatoms. The summed E-state index contributed by atoms with van der Waals surface area (Å²) in [5.74, 6) is 2.00. The van der Waals surface area contributed by atoms with E-state index in [2.05, 4.69) is 45.5 Å². The molecule has 3 unspecified atom stereocenters. The van der Waals surface area contributed by atoms with E-state index in [0.29, 0.717) is 0 Å². The zero-order valence-electron chi connectivity index (χ0n) is 9.45. The van der Waals surface area contributed by atoms with Crippen LogP contribution in [0.1, 0.15) is 31.2 Å². The smallest absolute Gasteiger partial charge is 0.0208 e. The van der Waals surface area contributed by atoms with Crippen LogP contribution >= 0.6 is 15.9 Å². The first kappa shape index (κ1) is 10.8. The van der Waals surface area contributed by atoms with Crippen LogP contribution in [0.25, 0.3) is 0 Å². The molecule has 2 fully saturated rings. The van der Waals surface area contributed by atoms with Crippen molar-refractivity contribution in [3.63, 3.8) is 0 Å². The summed E-state index contributed by atoms with van der Waals surface area (Å²) in [6.07, 6.45) is 5.84. The molecule has 3 atom stereocenters. The van der Waals surface area contributed by atoms with Gasteiger partial charge in [-0.3, -0.25) is 0 Å². The van der Waals surface area contributed by atoms with Crippen LogP contribution in [0.3, 0.4) is 0 Å². The van der Waals surface area contributed by atoms with Gasteiger partial charge in [-0.1, -0.05) is 34.5 Å². The minimum Gasteiger partial charge on any atom is -0.310 e. The van der Waals surface area contributed by atoms with Crippen LogP contribution in [0, 0.1) is 11.8 Å². The summed E-state index contributed by atoms with van der Waals surface area (Å²) in [6.45, 7) is 1.02. The summed E-state index contributed by atoms with van der Waals surface area (Å²) >= 11 is 3.52. The molecule has 2 saturated carbocycles. The normalized spacial score (nSPS) is 32.2. The van der Waals surface area contributed by atoms with Crippen molar-refractivity contribution in [3.8, 4) is 0 Å². The molecule has 1 N–H and O–H groups in total. The Morgan fingerprint density at radius 2 is 2.19 bits per heavy atom. The van der Waals surface area contributed by atoms with Crippen LogP contribution in [0.5, 0.6) is 0 Å². The largest absolute Gasteiger partial charge is 0.310 e. The number of hydrogen-bond acceptors (Lipinski definition) is 1. The molecule has 0 spiro atoms. The maximum atomic E-state index is 3.74. The molecule has 1 aromatic rings. The molecule has 0 aromatic heterocycles. The van der Waals surface area contributed by atoms with Crippen LogP contribution in [0.2, 0.25) is 0 Å². The molecular weight excluding hydrogens is 262 g/mol. The van der Waals surface area contributed by atoms with Gasteiger partial charge in [0.05, 0.1) is 0 Å². The van der Waals surface area contributed by atoms with Gasteiger partial charge in [-0.25, -0.2) is 0 Å². The van der Waals surface area contributed by atoms with Crippen molar-refractivity contribution in [1.29, 1.82) is 0 Å². The predicted molar refractivity (Wildman–Crippen MR) is 70.2 cm³/mol. The molecule has 16 heavy (non-hydrogen) atoms. The van der Waals surface area contributed by atoms with Crippen LogP contribution in [-0.2, 0) is 6.54 Å². The fourth-order valence-corrected chi connectivity index (χ4v) is 3.84. The number of hydrogen-bond donors (Lipinski definition) is 1. The first-order valence-electron chi connectivity index (χ1n) is 6.29. The van der Waals surface area contributed by atoms with Gasteiger partial charge in [0.2, 0.25) is 0 Å². The second-order valence-corrected chi connectivity index (χ2v) is 6.21. The highest BCUT2D eigenvalue weighted by atomic mass is 79.9. The van der Waals surface area contributed by atoms with Crippen LogP contribution in [0.4, 0.5) is 0 Å². The van der Waals surface area contributed by atoms with E-state index in [1.54, 1.807) is 0 Å². The third kappa shape index (κ3) is 2.18. The Morgan fingerprint density at radius 3 is 2.88 bits per heavy atom. The van der Waals surface area contributed by atoms with Crippen molar-refractivity contribution in [3.05, 3.63) is 34.3 Å². The maximum Gasteiger partial charge on any atom is 0.0208 e. The minimum absolute atomic E-state index is 0.790. The lowest BCUT2D eigenvalue weighted by Crippen LogP contribution is -2.33. The number of fused-ring (bicyclic) bond motifs is 2. The summed E-state index contributed by atoms with van der Waals surface area (Å²) in [5, 5.41) is 3.74. The highest BCUT2D eigenvalue weighted by Gasteiger charge is 2.38. The first-order chi connectivity index (χ1) is 7.81. The van der Waals surface area contributed by atoms with Crippen LogP contribution in [-0.4, -0.2) is 6.04 Å². The van der Waals surface area contributed by atoms with Gasteiger partial charge in [0.15, 0.2) is 0 Å². The van der Waals surface area contributed by atoms with E-state index in [4.69, 9.17) is 0 Å². The molecule has 0 aliphatic heterocycles. The van der Waals surface area contributed by atoms with Crippen molar-refractivity contribution in [1.82, 2.24) is 5.32 Å². The molecule has 2 aliphatic rings. The molecule has 3 rings (SSSR count). The SMILES string of the molecule is Brc1cccc(CNC2CC3CCC2C3)c1. The Hall–Kier alpha value is -0.340. The van der Waals surface area contributed by atoms with Crippen molar-refractivity contribution in [2.24, 2.45) is 11.8 Å². The number of benzene rings is 1. The summed E-state index contributed by atoms with van der Waals surface area (Å²) in [5.41, 5.74) is 1.39. The molecule has 0 amide bonds. The third-order valence-electron chi connectivity index (χ3n) is 4.20. The van der Waals surface area contributed by atoms with E-state index in [0.717, 1.165) is 24.4 Å². The van der Waals surface area contributed by atoms with Crippen LogP contribution in [0.15, 0.2) is 28.7 Å². The summed E-state index contributed by atoms with van der Waals surface area (Å²) < 4.78 is 1.18. The topological polar surface area (TPSA) is 12.0 Å². The Balaban J connectivity index is 1.57. The second kappa shape index (κ2) is 4.50. The van der Waals surface area contributed by atoms with Gasteiger partial charge in [0.1, 0.15) is 0 Å². The molecule has 2 bridgehead atoms. The summed E-state index contributed by atoms with van der Waals surface area (Å²) in [6, 6.07) is 9.39.